The Balaban J connectivity index is 0.000000174. The Labute approximate surface area is 875 Å². The minimum atomic E-state index is -1.06. The van der Waals surface area contributed by atoms with Crippen LogP contribution in [0.2, 0.25) is 0 Å². The van der Waals surface area contributed by atoms with E-state index in [0.717, 1.165) is 121 Å². The number of ketones is 3. The standard InChI is InChI=1S/C35H40FN5O4S.C30H30FN3O5S.C25H22FN3O3S.C10H18O5.C6H15N.C5H12N2/c1-35(2,3)45-34(43)41-21-25(22-41)16-26(42)15-23-6-8-30(27(36)17-23)44-31-9-10-37-29-18-32(46-33(29)31)28-7-5-24(19-38-28)20-40-13-11-39(4)12-14-40;1-30(2,3)39-29(36)34-16-19(17-34)12-20(35)11-18-5-8-25(22(31)13-18)38-26-9-10-32-24-14-27(40-28(24)26)23-7-6-21(37-4)15-33-23;1-31-18-3-4-20(29-14-18)24-11-21-25(33-24)23(6-7-28-21)32-22-5-2-15(10-19(22)26)8-17(30)9-16-12-27-13-16;1-9(2,3)14-7(11)13-8(12)15-10(4,5)6;1-4-7(5-2)6-3;1-7-4-2-6-3-5-7/h5-10,17-19,25H,11-16,20-22H2,1-4H3;5-10,13-15,19H,11-12,16-17H2,1-4H3;2-7,10-11,14,16,27H,8-9,12-13H2,1H3;1-6H3;4-6H2,1-3H3;6H,2-5H2,1H3. The minimum absolute atomic E-state index is 0.00370. The molecule has 0 radical (unpaired) electrons. The summed E-state index contributed by atoms with van der Waals surface area (Å²) >= 11 is 4.44. The highest BCUT2D eigenvalue weighted by atomic mass is 32.1. The van der Waals surface area contributed by atoms with Gasteiger partial charge < -0.3 is 82.5 Å². The van der Waals surface area contributed by atoms with E-state index in [2.05, 4.69) is 101 Å². The molecule has 2 amide bonds. The van der Waals surface area contributed by atoms with E-state index in [0.29, 0.717) is 96.8 Å². The number of ether oxygens (including phenoxy) is 10. The Kier molecular flexibility index (Phi) is 40.8. The van der Waals surface area contributed by atoms with Gasteiger partial charge in [-0.15, -0.1) is 34.0 Å². The van der Waals surface area contributed by atoms with Gasteiger partial charge in [-0.2, -0.15) is 0 Å². The Bertz CT molecular complexity index is 6420. The number of carbonyl (C=O) groups is 7. The Hall–Kier alpha value is -12.7. The number of likely N-dealkylation sites (tertiary alicyclic amines) is 2. The Morgan fingerprint density at radius 1 is 0.392 bits per heavy atom. The smallest absolute Gasteiger partial charge is 0.495 e. The number of piperazine rings is 2. The largest absolute Gasteiger partial charge is 0.519 e. The number of likely N-dealkylation sites (N-methyl/N-ethyl adjacent to an activating group) is 2. The molecule has 2 N–H and O–H groups in total. The molecule has 5 fully saturated rings. The number of Topliss-reactive ketones (excluding diaryl/α,β-unsaturated/α-hetero) is 3. The van der Waals surface area contributed by atoms with E-state index in [-0.39, 0.29) is 77.9 Å². The number of hydrogen-bond donors (Lipinski definition) is 2. The molecule has 12 aromatic rings. The lowest BCUT2D eigenvalue weighted by Gasteiger charge is -2.39. The number of benzene rings is 3. The molecule has 5 aliphatic rings. The molecule has 37 heteroatoms. The zero-order chi connectivity index (χ0) is 107. The SMILES string of the molecule is CC(C)(C)OC(=O)OC(=O)OC(C)(C)C.CCN(CC)CC.CN1CCN(Cc2ccc(-c3cc4nccc(Oc5ccc(CC(=O)CC6CN(C(=O)OC(C)(C)C)C6)cc5F)c4s3)nc2)CC1.CN1CCNCC1.COc1ccc(-c2cc3nccc(Oc4ccc(CC(=O)CC5CN(C(=O)OC(C)(C)C)C5)cc4F)c3s2)nc1.COc1ccc(-c2cc3nccc(Oc4ccc(CC(=O)CC5CNC5)cc4F)c3s2)nc1. The van der Waals surface area contributed by atoms with Crippen molar-refractivity contribution in [2.75, 3.05) is 140 Å². The molecule has 9 aromatic heterocycles. The van der Waals surface area contributed by atoms with Crippen molar-refractivity contribution in [3.8, 4) is 77.7 Å². The molecule has 3 aromatic carbocycles. The van der Waals surface area contributed by atoms with Crippen LogP contribution in [0.4, 0.5) is 32.3 Å². The number of methoxy groups -OCH3 is 2. The molecule has 31 nitrogen and oxygen atoms in total. The number of hydrogen-bond acceptors (Lipinski definition) is 32. The lowest BCUT2D eigenvalue weighted by Crippen LogP contribution is -2.52. The van der Waals surface area contributed by atoms with Crippen molar-refractivity contribution in [3.05, 3.63) is 204 Å². The number of fused-ring (bicyclic) bond motifs is 3. The van der Waals surface area contributed by atoms with Crippen molar-refractivity contribution < 1.29 is 94.1 Å². The topological polar surface area (TPSA) is 333 Å². The van der Waals surface area contributed by atoms with E-state index in [1.165, 1.54) is 96.6 Å². The van der Waals surface area contributed by atoms with Crippen LogP contribution in [0.3, 0.4) is 0 Å². The zero-order valence-electron chi connectivity index (χ0n) is 88.0. The van der Waals surface area contributed by atoms with Crippen LogP contribution in [0, 0.1) is 35.2 Å². The fraction of sp³-hybridized carbons (Fsp3) is 0.450. The predicted octanol–water partition coefficient (Wildman–Crippen LogP) is 21.8. The summed E-state index contributed by atoms with van der Waals surface area (Å²) in [6, 6.07) is 36.5. The zero-order valence-corrected chi connectivity index (χ0v) is 90.4. The van der Waals surface area contributed by atoms with E-state index in [9.17, 15) is 38.0 Å². The van der Waals surface area contributed by atoms with Crippen LogP contribution in [-0.2, 0) is 63.9 Å². The molecule has 0 bridgehead atoms. The van der Waals surface area contributed by atoms with Gasteiger partial charge in [0.05, 0.1) is 89.0 Å². The monoisotopic (exact) mass is 2090 g/mol. The Morgan fingerprint density at radius 2 is 0.730 bits per heavy atom. The van der Waals surface area contributed by atoms with E-state index in [4.69, 9.17) is 47.6 Å². The second kappa shape index (κ2) is 52.9. The predicted molar refractivity (Wildman–Crippen MR) is 570 cm³/mol. The third-order valence-electron chi connectivity index (χ3n) is 23.8. The van der Waals surface area contributed by atoms with Crippen LogP contribution in [0.1, 0.15) is 145 Å². The number of nitrogens with one attached hydrogen (secondary N) is 2. The van der Waals surface area contributed by atoms with Crippen molar-refractivity contribution in [1.29, 1.82) is 0 Å². The normalized spacial score (nSPS) is 14.7. The molecule has 792 valence electrons. The average Bonchev–Trinajstić information content (AvgIpc) is 1.64. The van der Waals surface area contributed by atoms with Gasteiger partial charge in [0.25, 0.3) is 0 Å². The summed E-state index contributed by atoms with van der Waals surface area (Å²) in [5, 5.41) is 6.43. The Morgan fingerprint density at radius 3 is 1.01 bits per heavy atom. The summed E-state index contributed by atoms with van der Waals surface area (Å²) in [6.45, 7) is 44.7. The summed E-state index contributed by atoms with van der Waals surface area (Å²) < 4.78 is 100. The number of rotatable bonds is 28. The lowest BCUT2D eigenvalue weighted by molar-refractivity contribution is -0.121. The van der Waals surface area contributed by atoms with E-state index in [1.54, 1.807) is 145 Å². The second-order valence-corrected chi connectivity index (χ2v) is 43.9. The summed E-state index contributed by atoms with van der Waals surface area (Å²) in [6.07, 6.45) is 8.98. The second-order valence-electron chi connectivity index (χ2n) is 40.8. The highest BCUT2D eigenvalue weighted by molar-refractivity contribution is 7.23. The third kappa shape index (κ3) is 35.5. The summed E-state index contributed by atoms with van der Waals surface area (Å²) in [4.78, 5) is 126. The van der Waals surface area contributed by atoms with Crippen LogP contribution in [0.25, 0.3) is 62.4 Å². The van der Waals surface area contributed by atoms with Crippen LogP contribution in [0.15, 0.2) is 165 Å². The van der Waals surface area contributed by atoms with Crippen LogP contribution < -0.4 is 34.3 Å². The van der Waals surface area contributed by atoms with Crippen LogP contribution in [0.5, 0.6) is 46.0 Å². The number of thiophene rings is 3. The van der Waals surface area contributed by atoms with Gasteiger partial charge in [-0.25, -0.2) is 32.3 Å². The summed E-state index contributed by atoms with van der Waals surface area (Å²) in [7, 11) is 7.50. The fourth-order valence-electron chi connectivity index (χ4n) is 15.9. The molecule has 17 rings (SSSR count). The number of pyridine rings is 6. The molecule has 14 heterocycles. The van der Waals surface area contributed by atoms with Gasteiger partial charge in [0, 0.05) is 178 Å². The van der Waals surface area contributed by atoms with E-state index < -0.39 is 52.2 Å². The first-order valence-corrected chi connectivity index (χ1v) is 52.2. The number of nitrogens with zero attached hydrogens (tertiary/aromatic N) is 12. The van der Waals surface area contributed by atoms with Crippen molar-refractivity contribution in [1.82, 2.24) is 69.9 Å². The highest BCUT2D eigenvalue weighted by Gasteiger charge is 2.37. The number of carbonyl (C=O) groups excluding carboxylic acids is 7. The first-order chi connectivity index (χ1) is 70.4. The van der Waals surface area contributed by atoms with E-state index >= 15 is 8.78 Å². The van der Waals surface area contributed by atoms with Gasteiger partial charge in [-0.1, -0.05) is 45.0 Å². The van der Waals surface area contributed by atoms with Gasteiger partial charge in [-0.3, -0.25) is 49.2 Å². The van der Waals surface area contributed by atoms with Gasteiger partial charge in [-0.05, 0) is 243 Å². The molecule has 0 unspecified atom stereocenters. The lowest BCUT2D eigenvalue weighted by atomic mass is 9.92. The maximum absolute atomic E-state index is 15.2. The molecule has 0 atom stereocenters. The third-order valence-corrected chi connectivity index (χ3v) is 27.3. The van der Waals surface area contributed by atoms with Crippen molar-refractivity contribution in [3.63, 3.8) is 0 Å². The van der Waals surface area contributed by atoms with E-state index in [1.807, 2.05) is 96.3 Å². The molecule has 0 saturated carbocycles. The molecule has 5 aliphatic heterocycles. The van der Waals surface area contributed by atoms with Crippen molar-refractivity contribution >= 4 is 107 Å². The fourth-order valence-corrected chi connectivity index (χ4v) is 19.0. The van der Waals surface area contributed by atoms with Gasteiger partial charge in [0.2, 0.25) is 0 Å². The van der Waals surface area contributed by atoms with Crippen molar-refractivity contribution in [2.45, 2.75) is 171 Å². The number of aromatic nitrogens is 6. The molecular weight excluding hydrogens is 1950 g/mol. The van der Waals surface area contributed by atoms with Crippen molar-refractivity contribution in [2.24, 2.45) is 17.8 Å². The molecule has 0 spiro atoms. The van der Waals surface area contributed by atoms with Crippen LogP contribution in [-0.4, -0.2) is 263 Å². The molecular formula is C111H137F3N14O17S3. The first-order valence-electron chi connectivity index (χ1n) is 49.8. The van der Waals surface area contributed by atoms with Gasteiger partial charge in [0.1, 0.15) is 68.5 Å². The highest BCUT2D eigenvalue weighted by Crippen LogP contribution is 2.44. The van der Waals surface area contributed by atoms with Gasteiger partial charge >= 0.3 is 24.5 Å². The summed E-state index contributed by atoms with van der Waals surface area (Å²) in [5.74, 6) is 2.24. The number of halogens is 3. The molecule has 0 aliphatic carbocycles. The quantitative estimate of drug-likeness (QED) is 0.0261. The summed E-state index contributed by atoms with van der Waals surface area (Å²) in [5.41, 5.74) is 5.14. The molecule has 5 saturated heterocycles. The maximum atomic E-state index is 15.2. The van der Waals surface area contributed by atoms with Gasteiger partial charge in [0.15, 0.2) is 34.7 Å². The minimum Gasteiger partial charge on any atom is -0.495 e. The molecule has 148 heavy (non-hydrogen) atoms. The van der Waals surface area contributed by atoms with Crippen LogP contribution >= 0.6 is 34.0 Å². The average molecular weight is 2090 g/mol. The maximum Gasteiger partial charge on any atom is 0.519 e. The number of amides is 2. The first kappa shape index (κ1) is 114.